The second-order valence-electron chi connectivity index (χ2n) is 5.75. The van der Waals surface area contributed by atoms with Gasteiger partial charge in [0.1, 0.15) is 10.8 Å². The van der Waals surface area contributed by atoms with E-state index >= 15 is 0 Å². The molecule has 0 spiro atoms. The van der Waals surface area contributed by atoms with E-state index in [0.29, 0.717) is 16.9 Å². The largest absolute Gasteiger partial charge is 0.389 e. The number of hydrogen-bond donors (Lipinski definition) is 1. The number of thiocarbonyl (C=S) groups is 1. The molecular formula is C15H23N3S. The van der Waals surface area contributed by atoms with Gasteiger partial charge in [-0.15, -0.1) is 0 Å². The molecule has 0 aliphatic heterocycles. The van der Waals surface area contributed by atoms with E-state index in [1.165, 1.54) is 25.7 Å². The SMILES string of the molecule is CC(C)CN(c1ccc(C(N)=S)cn1)C1CCCC1. The van der Waals surface area contributed by atoms with Crippen LogP contribution in [0, 0.1) is 5.92 Å². The highest BCUT2D eigenvalue weighted by Crippen LogP contribution is 2.28. The molecule has 2 rings (SSSR count). The summed E-state index contributed by atoms with van der Waals surface area (Å²) in [5.41, 5.74) is 6.46. The zero-order chi connectivity index (χ0) is 13.8. The van der Waals surface area contributed by atoms with Gasteiger partial charge in [0.05, 0.1) is 0 Å². The summed E-state index contributed by atoms with van der Waals surface area (Å²) < 4.78 is 0. The van der Waals surface area contributed by atoms with Crippen LogP contribution in [0.4, 0.5) is 5.82 Å². The molecule has 1 aromatic rings. The summed E-state index contributed by atoms with van der Waals surface area (Å²) >= 11 is 4.97. The molecule has 0 atom stereocenters. The maximum atomic E-state index is 5.62. The summed E-state index contributed by atoms with van der Waals surface area (Å²) in [5.74, 6) is 1.69. The van der Waals surface area contributed by atoms with E-state index in [1.807, 2.05) is 6.07 Å². The van der Waals surface area contributed by atoms with Crippen LogP contribution in [0.1, 0.15) is 45.1 Å². The van der Waals surface area contributed by atoms with Crippen molar-refractivity contribution in [2.45, 2.75) is 45.6 Å². The highest BCUT2D eigenvalue weighted by atomic mass is 32.1. The van der Waals surface area contributed by atoms with Gasteiger partial charge in [-0.3, -0.25) is 0 Å². The predicted octanol–water partition coefficient (Wildman–Crippen LogP) is 3.12. The Balaban J connectivity index is 2.18. The Morgan fingerprint density at radius 2 is 2.11 bits per heavy atom. The van der Waals surface area contributed by atoms with E-state index < -0.39 is 0 Å². The van der Waals surface area contributed by atoms with Crippen molar-refractivity contribution in [1.29, 1.82) is 0 Å². The molecule has 2 N–H and O–H groups in total. The number of hydrogen-bond acceptors (Lipinski definition) is 3. The van der Waals surface area contributed by atoms with Gasteiger partial charge in [0.15, 0.2) is 0 Å². The Hall–Kier alpha value is -1.16. The smallest absolute Gasteiger partial charge is 0.128 e. The van der Waals surface area contributed by atoms with Gasteiger partial charge in [-0.25, -0.2) is 4.98 Å². The van der Waals surface area contributed by atoms with E-state index in [4.69, 9.17) is 18.0 Å². The van der Waals surface area contributed by atoms with Crippen molar-refractivity contribution < 1.29 is 0 Å². The minimum atomic E-state index is 0.412. The standard InChI is InChI=1S/C15H23N3S/c1-11(2)10-18(13-5-3-4-6-13)14-8-7-12(9-17-14)15(16)19/h7-9,11,13H,3-6,10H2,1-2H3,(H2,16,19). The van der Waals surface area contributed by atoms with Crippen LogP contribution in [0.15, 0.2) is 18.3 Å². The van der Waals surface area contributed by atoms with E-state index in [2.05, 4.69) is 29.8 Å². The molecule has 1 fully saturated rings. The van der Waals surface area contributed by atoms with E-state index in [9.17, 15) is 0 Å². The van der Waals surface area contributed by atoms with Crippen molar-refractivity contribution in [3.8, 4) is 0 Å². The molecule has 0 radical (unpaired) electrons. The fourth-order valence-corrected chi connectivity index (χ4v) is 2.86. The molecule has 0 amide bonds. The number of aromatic nitrogens is 1. The molecule has 19 heavy (non-hydrogen) atoms. The Morgan fingerprint density at radius 1 is 1.42 bits per heavy atom. The average Bonchev–Trinajstić information content (AvgIpc) is 2.89. The van der Waals surface area contributed by atoms with Gasteiger partial charge in [0.2, 0.25) is 0 Å². The summed E-state index contributed by atoms with van der Waals surface area (Å²) in [6.45, 7) is 5.57. The van der Waals surface area contributed by atoms with Gasteiger partial charge in [0, 0.05) is 24.3 Å². The molecule has 1 aliphatic carbocycles. The molecule has 0 unspecified atom stereocenters. The molecule has 1 aromatic heterocycles. The number of rotatable bonds is 5. The van der Waals surface area contributed by atoms with Crippen molar-refractivity contribution in [2.75, 3.05) is 11.4 Å². The van der Waals surface area contributed by atoms with Gasteiger partial charge >= 0.3 is 0 Å². The lowest BCUT2D eigenvalue weighted by Gasteiger charge is -2.31. The number of nitrogens with zero attached hydrogens (tertiary/aromatic N) is 2. The summed E-state index contributed by atoms with van der Waals surface area (Å²) in [6, 6.07) is 4.67. The first kappa shape index (κ1) is 14.3. The highest BCUT2D eigenvalue weighted by molar-refractivity contribution is 7.80. The minimum Gasteiger partial charge on any atom is -0.389 e. The molecule has 0 bridgehead atoms. The fourth-order valence-electron chi connectivity index (χ4n) is 2.74. The molecule has 0 aromatic carbocycles. The molecule has 1 saturated carbocycles. The Morgan fingerprint density at radius 3 is 2.58 bits per heavy atom. The molecule has 1 heterocycles. The van der Waals surface area contributed by atoms with Gasteiger partial charge < -0.3 is 10.6 Å². The van der Waals surface area contributed by atoms with Crippen LogP contribution in [0.5, 0.6) is 0 Å². The van der Waals surface area contributed by atoms with Crippen molar-refractivity contribution in [2.24, 2.45) is 11.7 Å². The van der Waals surface area contributed by atoms with Crippen LogP contribution in [0.3, 0.4) is 0 Å². The first-order chi connectivity index (χ1) is 9.08. The van der Waals surface area contributed by atoms with Gasteiger partial charge in [-0.05, 0) is 30.9 Å². The summed E-state index contributed by atoms with van der Waals surface area (Å²) in [5, 5.41) is 0. The minimum absolute atomic E-state index is 0.412. The van der Waals surface area contributed by atoms with Gasteiger partial charge in [0.25, 0.3) is 0 Å². The lowest BCUT2D eigenvalue weighted by molar-refractivity contribution is 0.531. The van der Waals surface area contributed by atoms with E-state index in [0.717, 1.165) is 17.9 Å². The molecule has 3 nitrogen and oxygen atoms in total. The third-order valence-electron chi connectivity index (χ3n) is 3.65. The van der Waals surface area contributed by atoms with Crippen LogP contribution in [0.2, 0.25) is 0 Å². The molecule has 4 heteroatoms. The van der Waals surface area contributed by atoms with E-state index in [1.54, 1.807) is 6.20 Å². The quantitative estimate of drug-likeness (QED) is 0.840. The molecular weight excluding hydrogens is 254 g/mol. The lowest BCUT2D eigenvalue weighted by Crippen LogP contribution is -2.37. The third-order valence-corrected chi connectivity index (χ3v) is 3.89. The summed E-state index contributed by atoms with van der Waals surface area (Å²) in [6.07, 6.45) is 7.03. The zero-order valence-electron chi connectivity index (χ0n) is 11.8. The van der Waals surface area contributed by atoms with Crippen molar-refractivity contribution in [3.05, 3.63) is 23.9 Å². The summed E-state index contributed by atoms with van der Waals surface area (Å²) in [4.78, 5) is 7.43. The van der Waals surface area contributed by atoms with Crippen LogP contribution >= 0.6 is 12.2 Å². The van der Waals surface area contributed by atoms with Crippen LogP contribution in [-0.2, 0) is 0 Å². The fraction of sp³-hybridized carbons (Fsp3) is 0.600. The first-order valence-corrected chi connectivity index (χ1v) is 7.51. The first-order valence-electron chi connectivity index (χ1n) is 7.10. The Bertz CT molecular complexity index is 422. The van der Waals surface area contributed by atoms with Gasteiger partial charge in [-0.2, -0.15) is 0 Å². The molecule has 104 valence electrons. The van der Waals surface area contributed by atoms with Crippen LogP contribution in [0.25, 0.3) is 0 Å². The van der Waals surface area contributed by atoms with E-state index in [-0.39, 0.29) is 0 Å². The number of nitrogens with two attached hydrogens (primary N) is 1. The normalized spacial score (nSPS) is 15.9. The maximum Gasteiger partial charge on any atom is 0.128 e. The second kappa shape index (κ2) is 6.33. The van der Waals surface area contributed by atoms with Crippen molar-refractivity contribution in [3.63, 3.8) is 0 Å². The van der Waals surface area contributed by atoms with Crippen LogP contribution in [-0.4, -0.2) is 22.6 Å². The van der Waals surface area contributed by atoms with Crippen molar-refractivity contribution >= 4 is 23.0 Å². The number of anilines is 1. The predicted molar refractivity (Wildman–Crippen MR) is 84.6 cm³/mol. The topological polar surface area (TPSA) is 42.1 Å². The highest BCUT2D eigenvalue weighted by Gasteiger charge is 2.24. The monoisotopic (exact) mass is 277 g/mol. The second-order valence-corrected chi connectivity index (χ2v) is 6.19. The average molecular weight is 277 g/mol. The molecule has 0 saturated heterocycles. The Labute approximate surface area is 121 Å². The van der Waals surface area contributed by atoms with Crippen LogP contribution < -0.4 is 10.6 Å². The molecule has 1 aliphatic rings. The number of pyridine rings is 1. The maximum absolute atomic E-state index is 5.62. The Kier molecular flexibility index (Phi) is 4.75. The third kappa shape index (κ3) is 3.66. The lowest BCUT2D eigenvalue weighted by atomic mass is 10.1. The van der Waals surface area contributed by atoms with Crippen molar-refractivity contribution in [1.82, 2.24) is 4.98 Å². The van der Waals surface area contributed by atoms with Gasteiger partial charge in [-0.1, -0.05) is 38.9 Å². The summed E-state index contributed by atoms with van der Waals surface area (Å²) in [7, 11) is 0. The zero-order valence-corrected chi connectivity index (χ0v) is 12.6.